The predicted molar refractivity (Wildman–Crippen MR) is 158 cm³/mol. The number of likely N-dealkylation sites (tertiary alicyclic amines) is 1. The summed E-state index contributed by atoms with van der Waals surface area (Å²) < 4.78 is 0. The van der Waals surface area contributed by atoms with E-state index in [9.17, 15) is 4.79 Å². The molecule has 1 spiro atoms. The van der Waals surface area contributed by atoms with Gasteiger partial charge < -0.3 is 9.80 Å². The zero-order valence-corrected chi connectivity index (χ0v) is 23.2. The number of H-pyrrole nitrogens is 1. The molecule has 1 amide bonds. The Hall–Kier alpha value is -4.04. The van der Waals surface area contributed by atoms with Gasteiger partial charge >= 0.3 is 0 Å². The maximum absolute atomic E-state index is 12.1. The Morgan fingerprint density at radius 1 is 1.10 bits per heavy atom. The number of hydrogen-bond donors (Lipinski definition) is 1. The molecule has 39 heavy (non-hydrogen) atoms. The van der Waals surface area contributed by atoms with Gasteiger partial charge in [-0.25, -0.2) is 9.97 Å². The van der Waals surface area contributed by atoms with Crippen molar-refractivity contribution in [3.8, 4) is 21.6 Å². The molecule has 0 radical (unpaired) electrons. The number of anilines is 1. The Kier molecular flexibility index (Phi) is 5.39. The lowest BCUT2D eigenvalue weighted by Crippen LogP contribution is -2.59. The van der Waals surface area contributed by atoms with Crippen LogP contribution < -0.4 is 4.90 Å². The Bertz CT molecular complexity index is 1790. The van der Waals surface area contributed by atoms with E-state index in [4.69, 9.17) is 4.98 Å². The smallest absolute Gasteiger partial charge is 0.245 e. The normalized spacial score (nSPS) is 16.4. The third-order valence-corrected chi connectivity index (χ3v) is 9.55. The molecule has 2 saturated heterocycles. The summed E-state index contributed by atoms with van der Waals surface area (Å²) in [5.74, 6) is 1.05. The third-order valence-electron chi connectivity index (χ3n) is 8.57. The van der Waals surface area contributed by atoms with E-state index in [1.165, 1.54) is 33.2 Å². The number of nitrogens with one attached hydrogen (secondary N) is 1. The number of aryl methyl sites for hydroxylation is 2. The number of rotatable bonds is 4. The van der Waals surface area contributed by atoms with E-state index in [0.717, 1.165) is 71.5 Å². The zero-order chi connectivity index (χ0) is 26.9. The van der Waals surface area contributed by atoms with E-state index < -0.39 is 0 Å². The first-order valence-electron chi connectivity index (χ1n) is 13.3. The quantitative estimate of drug-likeness (QED) is 0.284. The predicted octanol–water partition coefficient (Wildman–Crippen LogP) is 6.05. The number of pyridine rings is 1. The van der Waals surface area contributed by atoms with Crippen LogP contribution in [-0.4, -0.2) is 57.2 Å². The van der Waals surface area contributed by atoms with Crippen LogP contribution in [0.1, 0.15) is 23.2 Å². The molecule has 8 heteroatoms. The summed E-state index contributed by atoms with van der Waals surface area (Å²) in [7, 11) is 0. The van der Waals surface area contributed by atoms with Crippen LogP contribution in [0.25, 0.3) is 43.4 Å². The molecule has 0 aliphatic carbocycles. The highest BCUT2D eigenvalue weighted by atomic mass is 32.1. The number of fused-ring (bicyclic) bond motifs is 2. The molecule has 3 aromatic heterocycles. The van der Waals surface area contributed by atoms with E-state index in [1.807, 2.05) is 16.6 Å². The summed E-state index contributed by atoms with van der Waals surface area (Å²) in [6.45, 7) is 13.5. The van der Waals surface area contributed by atoms with E-state index in [1.54, 1.807) is 11.3 Å². The van der Waals surface area contributed by atoms with Crippen LogP contribution in [0, 0.1) is 26.2 Å². The lowest BCUT2D eigenvalue weighted by molar-refractivity contribution is -0.136. The molecule has 2 aromatic carbocycles. The lowest BCUT2D eigenvalue weighted by atomic mass is 9.79. The largest absolute Gasteiger partial charge is 0.356 e. The van der Waals surface area contributed by atoms with Crippen molar-refractivity contribution in [1.82, 2.24) is 25.1 Å². The van der Waals surface area contributed by atoms with Crippen LogP contribution in [0.15, 0.2) is 54.7 Å². The Balaban J connectivity index is 1.40. The molecule has 0 unspecified atom stereocenters. The first-order chi connectivity index (χ1) is 18.9. The van der Waals surface area contributed by atoms with Gasteiger partial charge in [0.25, 0.3) is 0 Å². The van der Waals surface area contributed by atoms with Crippen molar-refractivity contribution in [1.29, 1.82) is 0 Å². The molecule has 5 aromatic rings. The van der Waals surface area contributed by atoms with E-state index >= 15 is 0 Å². The SMILES string of the molecule is C=CC(=O)N1CC2(CCN(c3nc4cc(-c5scnc5C)ccc4c(-c4c(C)ccc5[nH]ncc45)c3C)C2)C1. The second-order valence-electron chi connectivity index (χ2n) is 11.1. The van der Waals surface area contributed by atoms with Gasteiger partial charge in [-0.1, -0.05) is 24.8 Å². The van der Waals surface area contributed by atoms with Crippen LogP contribution in [0.4, 0.5) is 5.82 Å². The van der Waals surface area contributed by atoms with Gasteiger partial charge in [-0.05, 0) is 67.7 Å². The minimum absolute atomic E-state index is 0.0240. The molecule has 1 N–H and O–H groups in total. The highest BCUT2D eigenvalue weighted by Crippen LogP contribution is 2.46. The summed E-state index contributed by atoms with van der Waals surface area (Å²) in [5.41, 5.74) is 11.0. The number of benzene rings is 2. The van der Waals surface area contributed by atoms with Gasteiger partial charge in [0.05, 0.1) is 33.3 Å². The van der Waals surface area contributed by atoms with E-state index in [0.29, 0.717) is 0 Å². The molecule has 0 bridgehead atoms. The van der Waals surface area contributed by atoms with Gasteiger partial charge in [0.2, 0.25) is 5.91 Å². The van der Waals surface area contributed by atoms with Gasteiger partial charge in [-0.3, -0.25) is 9.89 Å². The zero-order valence-electron chi connectivity index (χ0n) is 22.4. The highest BCUT2D eigenvalue weighted by molar-refractivity contribution is 7.13. The Morgan fingerprint density at radius 2 is 1.95 bits per heavy atom. The molecule has 0 atom stereocenters. The van der Waals surface area contributed by atoms with Crippen LogP contribution in [0.5, 0.6) is 0 Å². The summed E-state index contributed by atoms with van der Waals surface area (Å²) in [5, 5.41) is 9.78. The maximum Gasteiger partial charge on any atom is 0.245 e. The molecule has 7 rings (SSSR count). The van der Waals surface area contributed by atoms with Gasteiger partial charge in [-0.15, -0.1) is 11.3 Å². The summed E-state index contributed by atoms with van der Waals surface area (Å²) in [4.78, 5) is 27.4. The van der Waals surface area contributed by atoms with Crippen LogP contribution in [-0.2, 0) is 4.79 Å². The standard InChI is InChI=1S/C31H30N6OS/c1-5-26(38)37-15-31(16-37)10-11-36(14-31)30-19(3)28(27-18(2)6-9-24-23(27)13-33-35-24)22-8-7-21(12-25(22)34-30)29-20(4)32-17-39-29/h5-9,12-13,17H,1,10-11,14-16H2,2-4H3,(H,33,35). The molecule has 5 heterocycles. The fraction of sp³-hybridized carbons (Fsp3) is 0.290. The lowest BCUT2D eigenvalue weighted by Gasteiger charge is -2.47. The third kappa shape index (κ3) is 3.69. The topological polar surface area (TPSA) is 78.0 Å². The summed E-state index contributed by atoms with van der Waals surface area (Å²) in [6, 6.07) is 10.9. The second-order valence-corrected chi connectivity index (χ2v) is 11.9. The first kappa shape index (κ1) is 24.0. The Morgan fingerprint density at radius 3 is 2.72 bits per heavy atom. The van der Waals surface area contributed by atoms with Crippen LogP contribution >= 0.6 is 11.3 Å². The monoisotopic (exact) mass is 534 g/mol. The molecular weight excluding hydrogens is 504 g/mol. The van der Waals surface area contributed by atoms with Crippen LogP contribution in [0.3, 0.4) is 0 Å². The number of amides is 1. The Labute approximate surface area is 231 Å². The average Bonchev–Trinajstić information content (AvgIpc) is 3.67. The molecular formula is C31H30N6OS. The second kappa shape index (κ2) is 8.74. The van der Waals surface area contributed by atoms with Crippen molar-refractivity contribution in [2.45, 2.75) is 27.2 Å². The number of hydrogen-bond acceptors (Lipinski definition) is 6. The number of carbonyl (C=O) groups excluding carboxylic acids is 1. The fourth-order valence-corrected chi connectivity index (χ4v) is 7.38. The van der Waals surface area contributed by atoms with Gasteiger partial charge in [0.15, 0.2) is 0 Å². The van der Waals surface area contributed by atoms with E-state index in [2.05, 4.69) is 77.8 Å². The fourth-order valence-electron chi connectivity index (χ4n) is 6.58. The number of carbonyl (C=O) groups is 1. The van der Waals surface area contributed by atoms with Gasteiger partial charge in [0.1, 0.15) is 5.82 Å². The number of nitrogens with zero attached hydrogens (tertiary/aromatic N) is 5. The van der Waals surface area contributed by atoms with Crippen LogP contribution in [0.2, 0.25) is 0 Å². The molecule has 0 saturated carbocycles. The van der Waals surface area contributed by atoms with E-state index in [-0.39, 0.29) is 11.3 Å². The number of aromatic nitrogens is 4. The summed E-state index contributed by atoms with van der Waals surface area (Å²) >= 11 is 1.66. The average molecular weight is 535 g/mol. The van der Waals surface area contributed by atoms with Crippen molar-refractivity contribution in [3.63, 3.8) is 0 Å². The molecule has 7 nitrogen and oxygen atoms in total. The first-order valence-corrected chi connectivity index (χ1v) is 14.2. The highest BCUT2D eigenvalue weighted by Gasteiger charge is 2.49. The minimum Gasteiger partial charge on any atom is -0.356 e. The minimum atomic E-state index is 0.0240. The molecule has 196 valence electrons. The molecule has 2 aliphatic heterocycles. The van der Waals surface area contributed by atoms with Gasteiger partial charge in [-0.2, -0.15) is 5.10 Å². The molecule has 2 aliphatic rings. The van der Waals surface area contributed by atoms with Crippen molar-refractivity contribution in [2.75, 3.05) is 31.1 Å². The van der Waals surface area contributed by atoms with Crippen molar-refractivity contribution < 1.29 is 4.79 Å². The maximum atomic E-state index is 12.1. The number of aromatic amines is 1. The van der Waals surface area contributed by atoms with Crippen molar-refractivity contribution >= 4 is 44.9 Å². The van der Waals surface area contributed by atoms with Gasteiger partial charge in [0, 0.05) is 47.9 Å². The van der Waals surface area contributed by atoms with Crippen molar-refractivity contribution in [2.24, 2.45) is 5.41 Å². The summed E-state index contributed by atoms with van der Waals surface area (Å²) in [6.07, 6.45) is 4.41. The molecule has 2 fully saturated rings. The number of thiazole rings is 1. The van der Waals surface area contributed by atoms with Crippen molar-refractivity contribution in [3.05, 3.63) is 71.5 Å².